The molecule has 0 saturated carbocycles. The van der Waals surface area contributed by atoms with Crippen molar-refractivity contribution in [3.63, 3.8) is 0 Å². The van der Waals surface area contributed by atoms with E-state index in [1.807, 2.05) is 0 Å². The first-order valence-electron chi connectivity index (χ1n) is 5.82. The van der Waals surface area contributed by atoms with Crippen molar-refractivity contribution >= 4 is 5.69 Å². The number of hydrogen-bond donors (Lipinski definition) is 1. The van der Waals surface area contributed by atoms with Crippen LogP contribution in [0.25, 0.3) is 0 Å². The lowest BCUT2D eigenvalue weighted by Crippen LogP contribution is -1.95. The van der Waals surface area contributed by atoms with Gasteiger partial charge in [0.25, 0.3) is 0 Å². The zero-order chi connectivity index (χ0) is 12.0. The van der Waals surface area contributed by atoms with Gasteiger partial charge in [-0.1, -0.05) is 43.4 Å². The van der Waals surface area contributed by atoms with Crippen LogP contribution in [0.1, 0.15) is 30.0 Å². The summed E-state index contributed by atoms with van der Waals surface area (Å²) in [5, 5.41) is 0. The van der Waals surface area contributed by atoms with E-state index in [1.165, 1.54) is 16.7 Å². The van der Waals surface area contributed by atoms with E-state index >= 15 is 0 Å². The van der Waals surface area contributed by atoms with E-state index in [9.17, 15) is 0 Å². The van der Waals surface area contributed by atoms with Crippen molar-refractivity contribution in [1.29, 1.82) is 0 Å². The monoisotopic (exact) mass is 215 g/mol. The van der Waals surface area contributed by atoms with Gasteiger partial charge < -0.3 is 5.73 Å². The lowest BCUT2D eigenvalue weighted by Gasteiger charge is -2.07. The fourth-order valence-corrected chi connectivity index (χ4v) is 1.68. The van der Waals surface area contributed by atoms with Crippen molar-refractivity contribution in [2.75, 3.05) is 5.73 Å². The number of aryl methyl sites for hydroxylation is 2. The Bertz CT molecular complexity index is 377. The standard InChI is InChI=1S/C15H21N/c1-4-5-6-7-8-9-14-10-12(2)15(16)13(3)11-14/h5-8,10-11H,4,9,16H2,1-3H3/b6-5-,8-7-. The van der Waals surface area contributed by atoms with Crippen LogP contribution in [-0.2, 0) is 6.42 Å². The van der Waals surface area contributed by atoms with Crippen LogP contribution < -0.4 is 5.73 Å². The van der Waals surface area contributed by atoms with Crippen LogP contribution >= 0.6 is 0 Å². The van der Waals surface area contributed by atoms with E-state index in [4.69, 9.17) is 5.73 Å². The second-order valence-corrected chi connectivity index (χ2v) is 4.11. The average molecular weight is 215 g/mol. The Morgan fingerprint density at radius 3 is 2.19 bits per heavy atom. The molecule has 0 unspecified atom stereocenters. The average Bonchev–Trinajstić information content (AvgIpc) is 2.25. The molecule has 1 heteroatoms. The number of rotatable bonds is 4. The van der Waals surface area contributed by atoms with Crippen LogP contribution in [0.3, 0.4) is 0 Å². The quantitative estimate of drug-likeness (QED) is 0.597. The summed E-state index contributed by atoms with van der Waals surface area (Å²) in [6, 6.07) is 4.33. The first-order chi connectivity index (χ1) is 7.65. The van der Waals surface area contributed by atoms with Crippen molar-refractivity contribution in [3.8, 4) is 0 Å². The number of allylic oxidation sites excluding steroid dienone is 4. The van der Waals surface area contributed by atoms with E-state index in [0.29, 0.717) is 0 Å². The summed E-state index contributed by atoms with van der Waals surface area (Å²) in [7, 11) is 0. The Balaban J connectivity index is 2.68. The topological polar surface area (TPSA) is 26.0 Å². The molecule has 0 aliphatic rings. The van der Waals surface area contributed by atoms with E-state index in [0.717, 1.165) is 18.5 Å². The van der Waals surface area contributed by atoms with Gasteiger partial charge in [0.15, 0.2) is 0 Å². The summed E-state index contributed by atoms with van der Waals surface area (Å²) < 4.78 is 0. The molecular weight excluding hydrogens is 194 g/mol. The molecule has 1 aromatic carbocycles. The largest absolute Gasteiger partial charge is 0.398 e. The molecule has 16 heavy (non-hydrogen) atoms. The summed E-state index contributed by atoms with van der Waals surface area (Å²) >= 11 is 0. The van der Waals surface area contributed by atoms with Crippen molar-refractivity contribution in [1.82, 2.24) is 0 Å². The lowest BCUT2D eigenvalue weighted by atomic mass is 10.0. The Labute approximate surface area is 98.7 Å². The smallest absolute Gasteiger partial charge is 0.0373 e. The molecule has 0 spiro atoms. The summed E-state index contributed by atoms with van der Waals surface area (Å²) in [6.07, 6.45) is 10.6. The molecule has 0 heterocycles. The fourth-order valence-electron chi connectivity index (χ4n) is 1.68. The van der Waals surface area contributed by atoms with E-state index in [-0.39, 0.29) is 0 Å². The third kappa shape index (κ3) is 3.58. The number of anilines is 1. The first-order valence-corrected chi connectivity index (χ1v) is 5.82. The Kier molecular flexibility index (Phi) is 4.84. The van der Waals surface area contributed by atoms with Gasteiger partial charge in [0.05, 0.1) is 0 Å². The molecule has 0 amide bonds. The molecule has 0 aromatic heterocycles. The maximum atomic E-state index is 5.92. The minimum Gasteiger partial charge on any atom is -0.398 e. The van der Waals surface area contributed by atoms with Gasteiger partial charge in [-0.2, -0.15) is 0 Å². The highest BCUT2D eigenvalue weighted by Crippen LogP contribution is 2.18. The van der Waals surface area contributed by atoms with Gasteiger partial charge in [-0.3, -0.25) is 0 Å². The molecule has 0 fully saturated rings. The Hall–Kier alpha value is -1.50. The van der Waals surface area contributed by atoms with Gasteiger partial charge in [-0.15, -0.1) is 0 Å². The molecule has 1 aromatic rings. The zero-order valence-electron chi connectivity index (χ0n) is 10.5. The molecule has 0 aliphatic carbocycles. The number of hydrogen-bond acceptors (Lipinski definition) is 1. The lowest BCUT2D eigenvalue weighted by molar-refractivity contribution is 1.21. The van der Waals surface area contributed by atoms with Crippen LogP contribution in [0.2, 0.25) is 0 Å². The van der Waals surface area contributed by atoms with Crippen molar-refractivity contribution in [2.24, 2.45) is 0 Å². The second-order valence-electron chi connectivity index (χ2n) is 4.11. The third-order valence-electron chi connectivity index (χ3n) is 2.63. The SMILES string of the molecule is CC/C=C\C=C/Cc1cc(C)c(N)c(C)c1. The van der Waals surface area contributed by atoms with Crippen LogP contribution in [0.15, 0.2) is 36.4 Å². The minimum absolute atomic E-state index is 0.915. The maximum Gasteiger partial charge on any atom is 0.0373 e. The molecule has 0 radical (unpaired) electrons. The van der Waals surface area contributed by atoms with Gasteiger partial charge in [0, 0.05) is 5.69 Å². The highest BCUT2D eigenvalue weighted by Gasteiger charge is 1.99. The number of nitrogens with two attached hydrogens (primary N) is 1. The molecule has 0 saturated heterocycles. The molecule has 0 bridgehead atoms. The molecular formula is C15H21N. The summed E-state index contributed by atoms with van der Waals surface area (Å²) in [6.45, 7) is 6.26. The predicted molar refractivity (Wildman–Crippen MR) is 72.6 cm³/mol. The van der Waals surface area contributed by atoms with Crippen LogP contribution in [0, 0.1) is 13.8 Å². The number of nitrogen functional groups attached to an aromatic ring is 1. The summed E-state index contributed by atoms with van der Waals surface area (Å²) in [5.41, 5.74) is 10.5. The van der Waals surface area contributed by atoms with Gasteiger partial charge in [-0.05, 0) is 43.4 Å². The van der Waals surface area contributed by atoms with Gasteiger partial charge in [-0.25, -0.2) is 0 Å². The van der Waals surface area contributed by atoms with Crippen molar-refractivity contribution < 1.29 is 0 Å². The molecule has 2 N–H and O–H groups in total. The predicted octanol–water partition coefficient (Wildman–Crippen LogP) is 3.95. The van der Waals surface area contributed by atoms with E-state index < -0.39 is 0 Å². The van der Waals surface area contributed by atoms with Gasteiger partial charge in [0.1, 0.15) is 0 Å². The zero-order valence-corrected chi connectivity index (χ0v) is 10.5. The highest BCUT2D eigenvalue weighted by molar-refractivity contribution is 5.54. The van der Waals surface area contributed by atoms with Crippen molar-refractivity contribution in [3.05, 3.63) is 53.1 Å². The van der Waals surface area contributed by atoms with E-state index in [2.05, 4.69) is 57.2 Å². The van der Waals surface area contributed by atoms with Crippen LogP contribution in [0.4, 0.5) is 5.69 Å². The third-order valence-corrected chi connectivity index (χ3v) is 2.63. The Morgan fingerprint density at radius 2 is 1.62 bits per heavy atom. The fraction of sp³-hybridized carbons (Fsp3) is 0.333. The van der Waals surface area contributed by atoms with Crippen LogP contribution in [0.5, 0.6) is 0 Å². The molecule has 1 nitrogen and oxygen atoms in total. The van der Waals surface area contributed by atoms with Crippen LogP contribution in [-0.4, -0.2) is 0 Å². The Morgan fingerprint density at radius 1 is 1.06 bits per heavy atom. The molecule has 1 rings (SSSR count). The second kappa shape index (κ2) is 6.16. The van der Waals surface area contributed by atoms with Gasteiger partial charge >= 0.3 is 0 Å². The molecule has 86 valence electrons. The molecule has 0 atom stereocenters. The maximum absolute atomic E-state index is 5.92. The highest BCUT2D eigenvalue weighted by atomic mass is 14.6. The van der Waals surface area contributed by atoms with Gasteiger partial charge in [0.2, 0.25) is 0 Å². The minimum atomic E-state index is 0.915. The first kappa shape index (κ1) is 12.6. The summed E-state index contributed by atoms with van der Waals surface area (Å²) in [4.78, 5) is 0. The number of benzene rings is 1. The molecule has 0 aliphatic heterocycles. The van der Waals surface area contributed by atoms with Crippen molar-refractivity contribution in [2.45, 2.75) is 33.6 Å². The van der Waals surface area contributed by atoms with E-state index in [1.54, 1.807) is 0 Å². The normalized spacial score (nSPS) is 11.7. The summed E-state index contributed by atoms with van der Waals surface area (Å²) in [5.74, 6) is 0.